The van der Waals surface area contributed by atoms with Crippen LogP contribution in [0.15, 0.2) is 0 Å². The maximum absolute atomic E-state index is 11.7. The number of carbonyl (C=O) groups excluding carboxylic acids is 2. The zero-order chi connectivity index (χ0) is 15.6. The molecule has 116 valence electrons. The molecule has 0 spiro atoms. The van der Waals surface area contributed by atoms with E-state index in [1.54, 1.807) is 0 Å². The summed E-state index contributed by atoms with van der Waals surface area (Å²) in [6.07, 6.45) is -0.223. The van der Waals surface area contributed by atoms with E-state index in [1.807, 2.05) is 0 Å². The standard InChI is InChI=1S/C13H25N3O4/c1-12(2)5-8(6-13(3,4)16-12)15-11(20)10(19)14-7-9(17)18/h8-9,16-18H,5-7H2,1-4H3,(H,14,19)(H,15,20). The highest BCUT2D eigenvalue weighted by molar-refractivity contribution is 6.35. The van der Waals surface area contributed by atoms with Gasteiger partial charge in [0, 0.05) is 17.1 Å². The fraction of sp³-hybridized carbons (Fsp3) is 0.846. The zero-order valence-corrected chi connectivity index (χ0v) is 12.5. The van der Waals surface area contributed by atoms with Gasteiger partial charge in [0.05, 0.1) is 6.54 Å². The Morgan fingerprint density at radius 1 is 1.15 bits per heavy atom. The molecule has 7 heteroatoms. The van der Waals surface area contributed by atoms with Gasteiger partial charge in [-0.05, 0) is 40.5 Å². The topological polar surface area (TPSA) is 111 Å². The van der Waals surface area contributed by atoms with Gasteiger partial charge in [-0.15, -0.1) is 0 Å². The number of piperidine rings is 1. The molecule has 0 aromatic carbocycles. The first-order chi connectivity index (χ1) is 9.01. The number of carbonyl (C=O) groups is 2. The van der Waals surface area contributed by atoms with Crippen LogP contribution in [0.25, 0.3) is 0 Å². The number of aliphatic hydroxyl groups is 2. The molecule has 0 radical (unpaired) electrons. The first-order valence-corrected chi connectivity index (χ1v) is 6.75. The largest absolute Gasteiger partial charge is 0.367 e. The van der Waals surface area contributed by atoms with Crippen LogP contribution in [0.3, 0.4) is 0 Å². The van der Waals surface area contributed by atoms with Gasteiger partial charge in [0.1, 0.15) is 0 Å². The van der Waals surface area contributed by atoms with Gasteiger partial charge in [0.25, 0.3) is 0 Å². The van der Waals surface area contributed by atoms with E-state index in [-0.39, 0.29) is 23.7 Å². The Morgan fingerprint density at radius 2 is 1.65 bits per heavy atom. The Bertz CT molecular complexity index is 364. The second kappa shape index (κ2) is 6.07. The molecular weight excluding hydrogens is 262 g/mol. The van der Waals surface area contributed by atoms with Crippen molar-refractivity contribution < 1.29 is 19.8 Å². The Balaban J connectivity index is 2.55. The summed E-state index contributed by atoms with van der Waals surface area (Å²) in [7, 11) is 0. The lowest BCUT2D eigenvalue weighted by Gasteiger charge is -2.46. The molecule has 1 saturated heterocycles. The molecule has 0 atom stereocenters. The molecule has 1 aliphatic rings. The summed E-state index contributed by atoms with van der Waals surface area (Å²) in [5.41, 5.74) is -0.255. The second-order valence-electron chi connectivity index (χ2n) is 6.66. The van der Waals surface area contributed by atoms with Crippen LogP contribution in [0.2, 0.25) is 0 Å². The highest BCUT2D eigenvalue weighted by atomic mass is 16.5. The van der Waals surface area contributed by atoms with Gasteiger partial charge in [0.2, 0.25) is 0 Å². The zero-order valence-electron chi connectivity index (χ0n) is 12.5. The third-order valence-corrected chi connectivity index (χ3v) is 3.18. The third-order valence-electron chi connectivity index (χ3n) is 3.18. The average molecular weight is 287 g/mol. The minimum atomic E-state index is -1.66. The van der Waals surface area contributed by atoms with Crippen molar-refractivity contribution in [1.29, 1.82) is 0 Å². The first kappa shape index (κ1) is 16.9. The van der Waals surface area contributed by atoms with Crippen LogP contribution in [-0.2, 0) is 9.59 Å². The van der Waals surface area contributed by atoms with E-state index < -0.39 is 18.1 Å². The molecule has 0 saturated carbocycles. The maximum Gasteiger partial charge on any atom is 0.309 e. The van der Waals surface area contributed by atoms with E-state index in [9.17, 15) is 9.59 Å². The molecule has 0 aliphatic carbocycles. The number of nitrogens with one attached hydrogen (secondary N) is 3. The van der Waals surface area contributed by atoms with E-state index in [4.69, 9.17) is 10.2 Å². The second-order valence-corrected chi connectivity index (χ2v) is 6.66. The third kappa shape index (κ3) is 5.44. The molecule has 7 nitrogen and oxygen atoms in total. The van der Waals surface area contributed by atoms with Gasteiger partial charge in [0.15, 0.2) is 6.29 Å². The molecule has 0 unspecified atom stereocenters. The summed E-state index contributed by atoms with van der Waals surface area (Å²) in [5.74, 6) is -1.60. The van der Waals surface area contributed by atoms with Crippen molar-refractivity contribution in [2.75, 3.05) is 6.54 Å². The van der Waals surface area contributed by atoms with E-state index in [1.165, 1.54) is 0 Å². The minimum Gasteiger partial charge on any atom is -0.367 e. The van der Waals surface area contributed by atoms with Crippen molar-refractivity contribution in [3.05, 3.63) is 0 Å². The molecule has 1 fully saturated rings. The number of aliphatic hydroxyl groups excluding tert-OH is 1. The quantitative estimate of drug-likeness (QED) is 0.332. The summed E-state index contributed by atoms with van der Waals surface area (Å²) in [6, 6.07) is -0.0986. The van der Waals surface area contributed by atoms with Crippen LogP contribution >= 0.6 is 0 Å². The van der Waals surface area contributed by atoms with Gasteiger partial charge in [-0.25, -0.2) is 0 Å². The summed E-state index contributed by atoms with van der Waals surface area (Å²) in [5, 5.41) is 25.6. The van der Waals surface area contributed by atoms with Crippen molar-refractivity contribution in [2.24, 2.45) is 0 Å². The Hall–Kier alpha value is -1.18. The molecule has 1 aliphatic heterocycles. The monoisotopic (exact) mass is 287 g/mol. The maximum atomic E-state index is 11.7. The van der Waals surface area contributed by atoms with E-state index >= 15 is 0 Å². The van der Waals surface area contributed by atoms with Crippen molar-refractivity contribution in [1.82, 2.24) is 16.0 Å². The minimum absolute atomic E-state index is 0.0986. The van der Waals surface area contributed by atoms with Crippen LogP contribution in [0.4, 0.5) is 0 Å². The normalized spacial score (nSPS) is 21.6. The molecule has 0 aromatic heterocycles. The van der Waals surface area contributed by atoms with Crippen LogP contribution in [0.5, 0.6) is 0 Å². The SMILES string of the molecule is CC1(C)CC(NC(=O)C(=O)NCC(O)O)CC(C)(C)N1. The van der Waals surface area contributed by atoms with Crippen LogP contribution < -0.4 is 16.0 Å². The molecule has 5 N–H and O–H groups in total. The van der Waals surface area contributed by atoms with Crippen molar-refractivity contribution >= 4 is 11.8 Å². The van der Waals surface area contributed by atoms with E-state index in [2.05, 4.69) is 43.6 Å². The van der Waals surface area contributed by atoms with Crippen molar-refractivity contribution in [3.8, 4) is 0 Å². The number of amides is 2. The van der Waals surface area contributed by atoms with Gasteiger partial charge in [-0.3, -0.25) is 9.59 Å². The fourth-order valence-electron chi connectivity index (χ4n) is 2.94. The van der Waals surface area contributed by atoms with Gasteiger partial charge in [-0.2, -0.15) is 0 Å². The Labute approximate surface area is 119 Å². The molecular formula is C13H25N3O4. The number of rotatable bonds is 3. The molecule has 0 aromatic rings. The predicted molar refractivity (Wildman–Crippen MR) is 73.7 cm³/mol. The lowest BCUT2D eigenvalue weighted by atomic mass is 9.79. The number of hydrogen-bond acceptors (Lipinski definition) is 5. The lowest BCUT2D eigenvalue weighted by Crippen LogP contribution is -2.63. The number of hydrogen-bond donors (Lipinski definition) is 5. The van der Waals surface area contributed by atoms with Crippen LogP contribution in [0.1, 0.15) is 40.5 Å². The highest BCUT2D eigenvalue weighted by Gasteiger charge is 2.38. The van der Waals surface area contributed by atoms with Gasteiger partial charge in [-0.1, -0.05) is 0 Å². The Kier molecular flexibility index (Phi) is 5.12. The predicted octanol–water partition coefficient (Wildman–Crippen LogP) is -1.16. The average Bonchev–Trinajstić information content (AvgIpc) is 2.20. The lowest BCUT2D eigenvalue weighted by molar-refractivity contribution is -0.141. The summed E-state index contributed by atoms with van der Waals surface area (Å²) in [6.45, 7) is 7.84. The Morgan fingerprint density at radius 3 is 2.10 bits per heavy atom. The van der Waals surface area contributed by atoms with Crippen LogP contribution in [0, 0.1) is 0 Å². The molecule has 1 rings (SSSR count). The summed E-state index contributed by atoms with van der Waals surface area (Å²) in [4.78, 5) is 23.2. The fourth-order valence-corrected chi connectivity index (χ4v) is 2.94. The van der Waals surface area contributed by atoms with Crippen molar-refractivity contribution in [2.45, 2.75) is 63.9 Å². The van der Waals surface area contributed by atoms with E-state index in [0.29, 0.717) is 0 Å². The summed E-state index contributed by atoms with van der Waals surface area (Å²) < 4.78 is 0. The molecule has 20 heavy (non-hydrogen) atoms. The van der Waals surface area contributed by atoms with Gasteiger partial charge < -0.3 is 26.2 Å². The smallest absolute Gasteiger partial charge is 0.309 e. The van der Waals surface area contributed by atoms with Crippen molar-refractivity contribution in [3.63, 3.8) is 0 Å². The summed E-state index contributed by atoms with van der Waals surface area (Å²) >= 11 is 0. The van der Waals surface area contributed by atoms with Crippen LogP contribution in [-0.4, -0.2) is 52.0 Å². The van der Waals surface area contributed by atoms with Gasteiger partial charge >= 0.3 is 11.8 Å². The first-order valence-electron chi connectivity index (χ1n) is 6.75. The molecule has 2 amide bonds. The van der Waals surface area contributed by atoms with E-state index in [0.717, 1.165) is 12.8 Å². The molecule has 1 heterocycles. The highest BCUT2D eigenvalue weighted by Crippen LogP contribution is 2.28. The molecule has 0 bridgehead atoms.